The number of pyridine rings is 1. The van der Waals surface area contributed by atoms with Crippen LogP contribution in [0.25, 0.3) is 0 Å². The summed E-state index contributed by atoms with van der Waals surface area (Å²) in [4.78, 5) is 34.3. The largest absolute Gasteiger partial charge is 0.366 e. The number of aromatic nitrogens is 1. The van der Waals surface area contributed by atoms with Crippen molar-refractivity contribution in [1.29, 1.82) is 5.26 Å². The van der Waals surface area contributed by atoms with Gasteiger partial charge in [-0.25, -0.2) is 9.45 Å². The number of hydrogen-bond acceptors (Lipinski definition) is 5. The van der Waals surface area contributed by atoms with Gasteiger partial charge in [0, 0.05) is 24.7 Å². The maximum Gasteiger partial charge on any atom is 0.251 e. The van der Waals surface area contributed by atoms with Gasteiger partial charge in [-0.2, -0.15) is 5.26 Å². The maximum atomic E-state index is 13.7. The Bertz CT molecular complexity index is 1060. The Labute approximate surface area is 185 Å². The summed E-state index contributed by atoms with van der Waals surface area (Å²) in [6.45, 7) is 0.454. The summed E-state index contributed by atoms with van der Waals surface area (Å²) >= 11 is 0. The van der Waals surface area contributed by atoms with Crippen LogP contribution in [0.5, 0.6) is 0 Å². The van der Waals surface area contributed by atoms with Gasteiger partial charge in [0.2, 0.25) is 5.91 Å². The first kappa shape index (κ1) is 21.9. The second-order valence-corrected chi connectivity index (χ2v) is 8.52. The summed E-state index contributed by atoms with van der Waals surface area (Å²) in [5.41, 5.74) is 7.31. The lowest BCUT2D eigenvalue weighted by atomic mass is 9.78. The van der Waals surface area contributed by atoms with Crippen LogP contribution < -0.4 is 5.73 Å². The third-order valence-electron chi connectivity index (χ3n) is 6.41. The Morgan fingerprint density at radius 3 is 2.69 bits per heavy atom. The van der Waals surface area contributed by atoms with Crippen LogP contribution in [0.15, 0.2) is 36.7 Å². The zero-order valence-corrected chi connectivity index (χ0v) is 17.7. The smallest absolute Gasteiger partial charge is 0.251 e. The van der Waals surface area contributed by atoms with E-state index in [1.807, 2.05) is 0 Å². The highest BCUT2D eigenvalue weighted by molar-refractivity contribution is 5.93. The molecule has 2 N–H and O–H groups in total. The van der Waals surface area contributed by atoms with Crippen LogP contribution in [0.4, 0.5) is 4.39 Å². The van der Waals surface area contributed by atoms with Crippen molar-refractivity contribution in [3.05, 3.63) is 64.7 Å². The predicted molar refractivity (Wildman–Crippen MR) is 113 cm³/mol. The molecule has 8 heteroatoms. The van der Waals surface area contributed by atoms with Crippen LogP contribution in [0.1, 0.15) is 65.2 Å². The van der Waals surface area contributed by atoms with E-state index in [1.165, 1.54) is 23.4 Å². The number of nitrogens with two attached hydrogens (primary N) is 1. The van der Waals surface area contributed by atoms with E-state index in [4.69, 9.17) is 15.8 Å². The summed E-state index contributed by atoms with van der Waals surface area (Å²) in [5.74, 6) is -1.16. The second kappa shape index (κ2) is 9.45. The Balaban J connectivity index is 1.36. The van der Waals surface area contributed by atoms with Crippen molar-refractivity contribution in [2.45, 2.75) is 44.6 Å². The van der Waals surface area contributed by atoms with Gasteiger partial charge in [-0.15, -0.1) is 0 Å². The number of amides is 2. The van der Waals surface area contributed by atoms with Crippen molar-refractivity contribution in [3.8, 4) is 6.07 Å². The van der Waals surface area contributed by atoms with Gasteiger partial charge in [-0.1, -0.05) is 6.07 Å². The molecular weight excluding hydrogens is 411 g/mol. The predicted octanol–water partition coefficient (Wildman–Crippen LogP) is 3.45. The molecule has 7 nitrogen and oxygen atoms in total. The standard InChI is InChI=1S/C24H25FN4O3/c25-21-6-3-16(11-20(21)23(27)30)9-15-1-4-18(5-2-15)24(31)29-22(7-8-32-29)19-10-17(12-26)13-28-14-19/h3,6,10-11,13-15,18,22H,1-2,4-5,7-9H2,(H2,27,30)/t15?,18?,22-/m0/s1. The normalized spacial score (nSPS) is 23.0. The zero-order chi connectivity index (χ0) is 22.7. The summed E-state index contributed by atoms with van der Waals surface area (Å²) in [7, 11) is 0. The molecule has 0 radical (unpaired) electrons. The number of nitriles is 1. The van der Waals surface area contributed by atoms with E-state index in [-0.39, 0.29) is 23.4 Å². The minimum atomic E-state index is -0.769. The summed E-state index contributed by atoms with van der Waals surface area (Å²) in [6, 6.07) is 8.11. The molecule has 4 rings (SSSR count). The second-order valence-electron chi connectivity index (χ2n) is 8.52. The minimum Gasteiger partial charge on any atom is -0.366 e. The van der Waals surface area contributed by atoms with Gasteiger partial charge >= 0.3 is 0 Å². The average molecular weight is 436 g/mol. The third kappa shape index (κ3) is 4.63. The number of primary amides is 1. The lowest BCUT2D eigenvalue weighted by Gasteiger charge is -2.32. The van der Waals surface area contributed by atoms with Crippen molar-refractivity contribution in [2.24, 2.45) is 17.6 Å². The van der Waals surface area contributed by atoms with Crippen LogP contribution in [-0.2, 0) is 16.1 Å². The fourth-order valence-electron chi connectivity index (χ4n) is 4.71. The Kier molecular flexibility index (Phi) is 6.47. The van der Waals surface area contributed by atoms with E-state index in [0.717, 1.165) is 43.2 Å². The van der Waals surface area contributed by atoms with Gasteiger partial charge in [0.15, 0.2) is 0 Å². The number of benzene rings is 1. The molecule has 0 bridgehead atoms. The quantitative estimate of drug-likeness (QED) is 0.772. The molecule has 166 valence electrons. The Morgan fingerprint density at radius 1 is 1.19 bits per heavy atom. The highest BCUT2D eigenvalue weighted by Gasteiger charge is 2.37. The van der Waals surface area contributed by atoms with Crippen LogP contribution >= 0.6 is 0 Å². The number of halogens is 1. The molecule has 1 aliphatic carbocycles. The minimum absolute atomic E-state index is 0.0221. The first-order valence-electron chi connectivity index (χ1n) is 10.9. The van der Waals surface area contributed by atoms with Crippen LogP contribution in [-0.4, -0.2) is 28.5 Å². The number of carbonyl (C=O) groups is 2. The van der Waals surface area contributed by atoms with Crippen molar-refractivity contribution in [1.82, 2.24) is 10.0 Å². The molecule has 2 heterocycles. The molecule has 2 aromatic rings. The summed E-state index contributed by atoms with van der Waals surface area (Å²) in [5, 5.41) is 10.6. The maximum absolute atomic E-state index is 13.7. The van der Waals surface area contributed by atoms with Crippen molar-refractivity contribution >= 4 is 11.8 Å². The number of nitrogens with zero attached hydrogens (tertiary/aromatic N) is 3. The number of carbonyl (C=O) groups excluding carboxylic acids is 2. The van der Waals surface area contributed by atoms with Gasteiger partial charge in [0.25, 0.3) is 5.91 Å². The highest BCUT2D eigenvalue weighted by atomic mass is 19.1. The van der Waals surface area contributed by atoms with Crippen LogP contribution in [0, 0.1) is 29.0 Å². The van der Waals surface area contributed by atoms with Gasteiger partial charge in [-0.3, -0.25) is 19.4 Å². The molecule has 2 fully saturated rings. The molecule has 1 aliphatic heterocycles. The first-order chi connectivity index (χ1) is 15.5. The SMILES string of the molecule is N#Cc1cncc([C@@H]2CCON2C(=O)C2CCC(Cc3ccc(F)c(C(N)=O)c3)CC2)c1. The van der Waals surface area contributed by atoms with Gasteiger partial charge in [-0.05, 0) is 67.3 Å². The number of hydrogen-bond donors (Lipinski definition) is 1. The fourth-order valence-corrected chi connectivity index (χ4v) is 4.71. The molecule has 0 spiro atoms. The topological polar surface area (TPSA) is 109 Å². The lowest BCUT2D eigenvalue weighted by molar-refractivity contribution is -0.183. The average Bonchev–Trinajstić information content (AvgIpc) is 3.30. The van der Waals surface area contributed by atoms with Gasteiger partial charge < -0.3 is 5.73 Å². The molecule has 2 aliphatic rings. The molecule has 32 heavy (non-hydrogen) atoms. The first-order valence-corrected chi connectivity index (χ1v) is 10.9. The van der Waals surface area contributed by atoms with E-state index in [9.17, 15) is 14.0 Å². The van der Waals surface area contributed by atoms with E-state index >= 15 is 0 Å². The van der Waals surface area contributed by atoms with E-state index in [0.29, 0.717) is 24.5 Å². The van der Waals surface area contributed by atoms with E-state index in [2.05, 4.69) is 11.1 Å². The van der Waals surface area contributed by atoms with Crippen LogP contribution in [0.2, 0.25) is 0 Å². The van der Waals surface area contributed by atoms with E-state index < -0.39 is 11.7 Å². The monoisotopic (exact) mass is 436 g/mol. The van der Waals surface area contributed by atoms with Crippen LogP contribution in [0.3, 0.4) is 0 Å². The summed E-state index contributed by atoms with van der Waals surface area (Å²) in [6.07, 6.45) is 7.79. The lowest BCUT2D eigenvalue weighted by Crippen LogP contribution is -2.36. The molecule has 0 unspecified atom stereocenters. The Morgan fingerprint density at radius 2 is 1.97 bits per heavy atom. The van der Waals surface area contributed by atoms with E-state index in [1.54, 1.807) is 18.3 Å². The molecule has 1 saturated heterocycles. The molecule has 2 amide bonds. The highest BCUT2D eigenvalue weighted by Crippen LogP contribution is 2.37. The van der Waals surface area contributed by atoms with Crippen molar-refractivity contribution < 1.29 is 18.8 Å². The summed E-state index contributed by atoms with van der Waals surface area (Å²) < 4.78 is 13.7. The zero-order valence-electron chi connectivity index (χ0n) is 17.7. The van der Waals surface area contributed by atoms with Gasteiger partial charge in [0.1, 0.15) is 11.9 Å². The number of rotatable bonds is 5. The molecule has 1 atom stereocenters. The van der Waals surface area contributed by atoms with Crippen molar-refractivity contribution in [2.75, 3.05) is 6.61 Å². The molecule has 1 saturated carbocycles. The number of hydroxylamine groups is 2. The third-order valence-corrected chi connectivity index (χ3v) is 6.41. The van der Waals surface area contributed by atoms with Crippen molar-refractivity contribution in [3.63, 3.8) is 0 Å². The molecule has 1 aromatic carbocycles. The Hall–Kier alpha value is -3.31. The fraction of sp³-hybridized carbons (Fsp3) is 0.417. The van der Waals surface area contributed by atoms with Gasteiger partial charge in [0.05, 0.1) is 23.8 Å². The molecule has 1 aromatic heterocycles. The molecular formula is C24H25FN4O3.